The Bertz CT molecular complexity index is 175. The third-order valence-corrected chi connectivity index (χ3v) is 2.44. The van der Waals surface area contributed by atoms with Gasteiger partial charge in [-0.2, -0.15) is 0 Å². The monoisotopic (exact) mass is 242 g/mol. The lowest BCUT2D eigenvalue weighted by atomic mass is 10.3. The molecule has 0 heterocycles. The van der Waals surface area contributed by atoms with Crippen LogP contribution in [-0.2, 0) is 4.79 Å². The largest absolute Gasteiger partial charge is 0.343 e. The van der Waals surface area contributed by atoms with Gasteiger partial charge in [0.25, 0.3) is 0 Å². The Hall–Kier alpha value is -0.830. The topological polar surface area (TPSA) is 32.3 Å². The molecule has 0 unspecified atom stereocenters. The smallest absolute Gasteiger partial charge is 0.245 e. The van der Waals surface area contributed by atoms with Crippen molar-refractivity contribution in [2.75, 3.05) is 26.7 Å². The van der Waals surface area contributed by atoms with Gasteiger partial charge in [0.1, 0.15) is 0 Å². The van der Waals surface area contributed by atoms with Gasteiger partial charge < -0.3 is 10.2 Å². The van der Waals surface area contributed by atoms with E-state index in [0.29, 0.717) is 0 Å². The van der Waals surface area contributed by atoms with E-state index in [4.69, 9.17) is 0 Å². The van der Waals surface area contributed by atoms with E-state index in [1.165, 1.54) is 44.8 Å². The Kier molecular flexibility index (Phi) is 16.5. The molecule has 102 valence electrons. The van der Waals surface area contributed by atoms with Crippen molar-refractivity contribution in [3.05, 3.63) is 12.7 Å². The third kappa shape index (κ3) is 15.2. The Balaban J connectivity index is 0. The number of carbonyl (C=O) groups is 1. The van der Waals surface area contributed by atoms with Crippen LogP contribution >= 0.6 is 0 Å². The molecule has 0 rings (SSSR count). The van der Waals surface area contributed by atoms with E-state index in [1.807, 2.05) is 6.92 Å². The molecule has 0 spiro atoms. The summed E-state index contributed by atoms with van der Waals surface area (Å²) in [4.78, 5) is 12.1. The van der Waals surface area contributed by atoms with E-state index in [9.17, 15) is 4.79 Å². The molecule has 0 fully saturated rings. The summed E-state index contributed by atoms with van der Waals surface area (Å²) >= 11 is 0. The highest BCUT2D eigenvalue weighted by atomic mass is 16.2. The van der Waals surface area contributed by atoms with E-state index in [2.05, 4.69) is 25.7 Å². The summed E-state index contributed by atoms with van der Waals surface area (Å²) < 4.78 is 0. The average molecular weight is 242 g/mol. The number of nitrogens with zero attached hydrogens (tertiary/aromatic N) is 1. The van der Waals surface area contributed by atoms with Gasteiger partial charge in [0.15, 0.2) is 0 Å². The van der Waals surface area contributed by atoms with Gasteiger partial charge in [-0.3, -0.25) is 4.79 Å². The number of amides is 1. The highest BCUT2D eigenvalue weighted by molar-refractivity contribution is 5.86. The molecule has 1 amide bonds. The van der Waals surface area contributed by atoms with E-state index >= 15 is 0 Å². The maximum atomic E-state index is 10.6. The van der Waals surface area contributed by atoms with Gasteiger partial charge in [-0.15, -0.1) is 0 Å². The molecule has 0 aromatic heterocycles. The van der Waals surface area contributed by atoms with Gasteiger partial charge in [-0.1, -0.05) is 33.3 Å². The fraction of sp³-hybridized carbons (Fsp3) is 0.786. The molecule has 3 nitrogen and oxygen atoms in total. The molecule has 0 saturated carbocycles. The van der Waals surface area contributed by atoms with E-state index in [-0.39, 0.29) is 5.91 Å². The maximum absolute atomic E-state index is 10.6. The fourth-order valence-corrected chi connectivity index (χ4v) is 1.04. The van der Waals surface area contributed by atoms with Crippen molar-refractivity contribution in [1.82, 2.24) is 10.2 Å². The summed E-state index contributed by atoms with van der Waals surface area (Å²) in [6, 6.07) is 0. The molecule has 0 bridgehead atoms. The summed E-state index contributed by atoms with van der Waals surface area (Å²) in [5, 5.41) is 3.39. The molecule has 0 radical (unpaired) electrons. The predicted octanol–water partition coefficient (Wildman–Crippen LogP) is 2.83. The summed E-state index contributed by atoms with van der Waals surface area (Å²) in [5.74, 6) is -0.0208. The first-order chi connectivity index (χ1) is 8.13. The molecule has 0 aromatic carbocycles. The Morgan fingerprint density at radius 3 is 1.88 bits per heavy atom. The molecule has 0 aromatic rings. The summed E-state index contributed by atoms with van der Waals surface area (Å²) in [6.45, 7) is 12.9. The Morgan fingerprint density at radius 1 is 1.18 bits per heavy atom. The normalized spacial score (nSPS) is 9.18. The number of carbonyl (C=O) groups excluding carboxylic acids is 1. The van der Waals surface area contributed by atoms with Crippen LogP contribution in [0, 0.1) is 0 Å². The van der Waals surface area contributed by atoms with Crippen LogP contribution in [0.3, 0.4) is 0 Å². The fourth-order valence-electron chi connectivity index (χ4n) is 1.04. The van der Waals surface area contributed by atoms with Gasteiger partial charge in [-0.05, 0) is 38.9 Å². The zero-order valence-corrected chi connectivity index (χ0v) is 12.1. The zero-order chi connectivity index (χ0) is 13.5. The van der Waals surface area contributed by atoms with Crippen LogP contribution in [0.15, 0.2) is 12.7 Å². The van der Waals surface area contributed by atoms with Crippen LogP contribution in [0.2, 0.25) is 0 Å². The van der Waals surface area contributed by atoms with Crippen molar-refractivity contribution >= 4 is 5.91 Å². The molecule has 0 aliphatic heterocycles. The van der Waals surface area contributed by atoms with Crippen LogP contribution < -0.4 is 5.32 Å². The van der Waals surface area contributed by atoms with Gasteiger partial charge in [0.2, 0.25) is 5.91 Å². The number of rotatable bonds is 8. The maximum Gasteiger partial charge on any atom is 0.245 e. The average Bonchev–Trinajstić information content (AvgIpc) is 2.37. The predicted molar refractivity (Wildman–Crippen MR) is 76.2 cm³/mol. The second-order valence-electron chi connectivity index (χ2n) is 4.01. The highest BCUT2D eigenvalue weighted by Gasteiger charge is 1.96. The number of hydrogen-bond acceptors (Lipinski definition) is 2. The molecule has 17 heavy (non-hydrogen) atoms. The van der Waals surface area contributed by atoms with E-state index in [1.54, 1.807) is 11.9 Å². The second kappa shape index (κ2) is 15.2. The quantitative estimate of drug-likeness (QED) is 0.524. The molecular formula is C14H30N2O. The number of likely N-dealkylation sites (N-methyl/N-ethyl adjacent to an activating group) is 1. The molecule has 3 heteroatoms. The third-order valence-electron chi connectivity index (χ3n) is 2.44. The van der Waals surface area contributed by atoms with Crippen LogP contribution in [0.1, 0.15) is 46.5 Å². The number of hydrogen-bond donors (Lipinski definition) is 1. The molecule has 0 aliphatic rings. The molecule has 0 aliphatic carbocycles. The van der Waals surface area contributed by atoms with Crippen LogP contribution in [0.25, 0.3) is 0 Å². The standard InChI is InChI=1S/C8H19N.C6H11NO/c1-3-5-7-9-8-6-4-2;1-4-6(8)7(3)5-2/h9H,3-8H2,1-2H3;4H,1,5H2,2-3H3. The molecular weight excluding hydrogens is 212 g/mol. The van der Waals surface area contributed by atoms with Gasteiger partial charge >= 0.3 is 0 Å². The van der Waals surface area contributed by atoms with Crippen LogP contribution in [0.4, 0.5) is 0 Å². The molecule has 0 atom stereocenters. The summed E-state index contributed by atoms with van der Waals surface area (Å²) in [6.07, 6.45) is 6.56. The van der Waals surface area contributed by atoms with Crippen molar-refractivity contribution < 1.29 is 4.79 Å². The lowest BCUT2D eigenvalue weighted by Crippen LogP contribution is -2.23. The first-order valence-corrected chi connectivity index (χ1v) is 6.72. The minimum absolute atomic E-state index is 0.0208. The SMILES string of the molecule is C=CC(=O)N(C)CC.CCCCNCCCC. The lowest BCUT2D eigenvalue weighted by molar-refractivity contribution is -0.124. The van der Waals surface area contributed by atoms with Gasteiger partial charge in [-0.25, -0.2) is 0 Å². The zero-order valence-electron chi connectivity index (χ0n) is 12.1. The van der Waals surface area contributed by atoms with E-state index < -0.39 is 0 Å². The van der Waals surface area contributed by atoms with Crippen molar-refractivity contribution in [3.8, 4) is 0 Å². The second-order valence-corrected chi connectivity index (χ2v) is 4.01. The highest BCUT2D eigenvalue weighted by Crippen LogP contribution is 1.85. The lowest BCUT2D eigenvalue weighted by Gasteiger charge is -2.09. The summed E-state index contributed by atoms with van der Waals surface area (Å²) in [5.41, 5.74) is 0. The minimum Gasteiger partial charge on any atom is -0.343 e. The van der Waals surface area contributed by atoms with E-state index in [0.717, 1.165) is 6.54 Å². The van der Waals surface area contributed by atoms with Crippen LogP contribution in [0.5, 0.6) is 0 Å². The molecule has 0 saturated heterocycles. The van der Waals surface area contributed by atoms with Gasteiger partial charge in [0.05, 0.1) is 0 Å². The first-order valence-electron chi connectivity index (χ1n) is 6.72. The first kappa shape index (κ1) is 18.5. The van der Waals surface area contributed by atoms with Crippen LogP contribution in [-0.4, -0.2) is 37.5 Å². The van der Waals surface area contributed by atoms with Crippen molar-refractivity contribution in [2.24, 2.45) is 0 Å². The Labute approximate surface area is 107 Å². The molecule has 1 N–H and O–H groups in total. The van der Waals surface area contributed by atoms with Crippen molar-refractivity contribution in [3.63, 3.8) is 0 Å². The summed E-state index contributed by atoms with van der Waals surface area (Å²) in [7, 11) is 1.74. The minimum atomic E-state index is -0.0208. The van der Waals surface area contributed by atoms with Gasteiger partial charge in [0, 0.05) is 13.6 Å². The number of unbranched alkanes of at least 4 members (excludes halogenated alkanes) is 2. The Morgan fingerprint density at radius 2 is 1.65 bits per heavy atom. The van der Waals surface area contributed by atoms with Crippen molar-refractivity contribution in [1.29, 1.82) is 0 Å². The number of nitrogens with one attached hydrogen (secondary N) is 1. The van der Waals surface area contributed by atoms with Crippen molar-refractivity contribution in [2.45, 2.75) is 46.5 Å².